The Morgan fingerprint density at radius 2 is 1.51 bits per heavy atom. The van der Waals surface area contributed by atoms with Crippen molar-refractivity contribution in [2.75, 3.05) is 19.5 Å². The highest BCUT2D eigenvalue weighted by Crippen LogP contribution is 2.43. The molecule has 1 aliphatic rings. The van der Waals surface area contributed by atoms with E-state index in [1.807, 2.05) is 87.5 Å². The fraction of sp³-hybridized carbons (Fsp3) is 0.359. The Morgan fingerprint density at radius 3 is 2.08 bits per heavy atom. The predicted octanol–water partition coefficient (Wildman–Crippen LogP) is 8.54. The third-order valence-electron chi connectivity index (χ3n) is 8.90. The number of carboxylic acid groups (broad SMARTS) is 1. The van der Waals surface area contributed by atoms with Crippen LogP contribution in [0.5, 0.6) is 5.75 Å². The van der Waals surface area contributed by atoms with E-state index >= 15 is 0 Å². The second kappa shape index (κ2) is 16.7. The molecule has 0 bridgehead atoms. The molecule has 0 amide bonds. The minimum absolute atomic E-state index is 0.0111. The predicted molar refractivity (Wildman–Crippen MR) is 196 cm³/mol. The molecule has 0 radical (unpaired) electrons. The minimum atomic E-state index is -3.41. The summed E-state index contributed by atoms with van der Waals surface area (Å²) < 4.78 is 43.8. The van der Waals surface area contributed by atoms with Crippen molar-refractivity contribution >= 4 is 27.7 Å². The summed E-state index contributed by atoms with van der Waals surface area (Å²) in [5.74, 6) is 2.14. The van der Waals surface area contributed by atoms with Gasteiger partial charge < -0.3 is 18.7 Å². The van der Waals surface area contributed by atoms with E-state index in [1.165, 1.54) is 5.56 Å². The smallest absolute Gasteiger partial charge is 0.307 e. The molecule has 6 rings (SSSR count). The van der Waals surface area contributed by atoms with Crippen LogP contribution in [0.2, 0.25) is 5.02 Å². The summed E-state index contributed by atoms with van der Waals surface area (Å²) in [4.78, 5) is 20.6. The second-order valence-corrected chi connectivity index (χ2v) is 14.7. The van der Waals surface area contributed by atoms with Gasteiger partial charge in [-0.25, -0.2) is 9.97 Å². The Bertz CT molecular complexity index is 2060. The van der Waals surface area contributed by atoms with E-state index in [0.717, 1.165) is 52.8 Å². The number of aromatic nitrogens is 2. The quantitative estimate of drug-likeness (QED) is 0.117. The van der Waals surface area contributed by atoms with Gasteiger partial charge in [0, 0.05) is 24.0 Å². The van der Waals surface area contributed by atoms with Crippen LogP contribution in [-0.4, -0.2) is 48.9 Å². The molecule has 0 saturated carbocycles. The summed E-state index contributed by atoms with van der Waals surface area (Å²) >= 11 is 6.50. The summed E-state index contributed by atoms with van der Waals surface area (Å²) in [6.07, 6.45) is 4.32. The van der Waals surface area contributed by atoms with Crippen molar-refractivity contribution in [3.05, 3.63) is 111 Å². The van der Waals surface area contributed by atoms with Crippen LogP contribution < -0.4 is 4.74 Å². The van der Waals surface area contributed by atoms with Crippen LogP contribution in [0.3, 0.4) is 0 Å². The lowest BCUT2D eigenvalue weighted by Gasteiger charge is -2.19. The maximum Gasteiger partial charge on any atom is 0.307 e. The largest absolute Gasteiger partial charge is 0.492 e. The number of carbonyl (C=O) groups is 1. The van der Waals surface area contributed by atoms with Crippen molar-refractivity contribution in [1.29, 1.82) is 0 Å². The van der Waals surface area contributed by atoms with E-state index in [2.05, 4.69) is 9.97 Å². The Labute approximate surface area is 303 Å². The van der Waals surface area contributed by atoms with Crippen molar-refractivity contribution in [3.63, 3.8) is 0 Å². The lowest BCUT2D eigenvalue weighted by molar-refractivity contribution is -0.142. The van der Waals surface area contributed by atoms with Crippen LogP contribution in [0.15, 0.2) is 75.6 Å². The number of aliphatic carboxylic acids is 1. The SMILES string of the molecule is CCC(C(=O)O)C1CCc2cc(OCCc3nc(-c4ccc(C)cc4)oc3C)c(Cl)cc21.Cc1oc(-c2ccccc2)nc1CCOS(C)(=O)=O. The van der Waals surface area contributed by atoms with Gasteiger partial charge in [0.25, 0.3) is 10.1 Å². The van der Waals surface area contributed by atoms with Gasteiger partial charge >= 0.3 is 5.97 Å². The number of ether oxygens (including phenoxy) is 1. The van der Waals surface area contributed by atoms with E-state index in [-0.39, 0.29) is 18.4 Å². The summed E-state index contributed by atoms with van der Waals surface area (Å²) in [6.45, 7) is 8.18. The fourth-order valence-electron chi connectivity index (χ4n) is 6.19. The van der Waals surface area contributed by atoms with Crippen LogP contribution in [0.25, 0.3) is 22.9 Å². The first-order chi connectivity index (χ1) is 24.3. The average molecular weight is 735 g/mol. The van der Waals surface area contributed by atoms with E-state index < -0.39 is 16.1 Å². The monoisotopic (exact) mass is 734 g/mol. The molecule has 0 saturated heterocycles. The summed E-state index contributed by atoms with van der Waals surface area (Å²) in [6, 6.07) is 21.5. The molecule has 3 aromatic carbocycles. The number of hydrogen-bond acceptors (Lipinski definition) is 9. The van der Waals surface area contributed by atoms with Crippen molar-refractivity contribution < 1.29 is 36.1 Å². The van der Waals surface area contributed by atoms with Gasteiger partial charge in [0.15, 0.2) is 0 Å². The molecule has 5 aromatic rings. The van der Waals surface area contributed by atoms with Crippen molar-refractivity contribution in [3.8, 4) is 28.7 Å². The molecule has 270 valence electrons. The lowest BCUT2D eigenvalue weighted by Crippen LogP contribution is -2.19. The molecule has 2 unspecified atom stereocenters. The molecule has 10 nitrogen and oxygen atoms in total. The number of oxazole rings is 2. The van der Waals surface area contributed by atoms with Gasteiger partial charge in [-0.2, -0.15) is 8.42 Å². The van der Waals surface area contributed by atoms with Gasteiger partial charge in [-0.15, -0.1) is 0 Å². The van der Waals surface area contributed by atoms with Gasteiger partial charge in [0.1, 0.15) is 17.3 Å². The normalized spacial score (nSPS) is 14.4. The van der Waals surface area contributed by atoms with Crippen molar-refractivity contribution in [2.45, 2.75) is 65.7 Å². The van der Waals surface area contributed by atoms with Gasteiger partial charge in [0.05, 0.1) is 41.8 Å². The van der Waals surface area contributed by atoms with Gasteiger partial charge in [-0.1, -0.05) is 54.4 Å². The third kappa shape index (κ3) is 9.87. The molecule has 1 N–H and O–H groups in total. The molecule has 12 heteroatoms. The maximum absolute atomic E-state index is 11.6. The molecule has 0 fully saturated rings. The number of carboxylic acids is 1. The average Bonchev–Trinajstić information content (AvgIpc) is 3.78. The number of nitrogens with zero attached hydrogens (tertiary/aromatic N) is 2. The Balaban J connectivity index is 0.000000226. The zero-order valence-electron chi connectivity index (χ0n) is 29.4. The number of aryl methyl sites for hydroxylation is 4. The minimum Gasteiger partial charge on any atom is -0.492 e. The zero-order chi connectivity index (χ0) is 36.7. The molecular formula is C39H43ClN2O8S. The third-order valence-corrected chi connectivity index (χ3v) is 9.79. The summed E-state index contributed by atoms with van der Waals surface area (Å²) in [5.41, 5.74) is 6.79. The van der Waals surface area contributed by atoms with E-state index in [1.54, 1.807) is 6.92 Å². The number of benzene rings is 3. The molecular weight excluding hydrogens is 692 g/mol. The van der Waals surface area contributed by atoms with Crippen LogP contribution in [0, 0.1) is 26.7 Å². The van der Waals surface area contributed by atoms with Crippen LogP contribution >= 0.6 is 11.6 Å². The molecule has 2 aromatic heterocycles. The number of fused-ring (bicyclic) bond motifs is 1. The van der Waals surface area contributed by atoms with Gasteiger partial charge in [0.2, 0.25) is 11.8 Å². The van der Waals surface area contributed by atoms with Crippen molar-refractivity contribution in [2.24, 2.45) is 5.92 Å². The molecule has 2 heterocycles. The first kappa shape index (κ1) is 37.8. The van der Waals surface area contributed by atoms with E-state index in [9.17, 15) is 18.3 Å². The molecule has 0 spiro atoms. The Morgan fingerprint density at radius 1 is 0.922 bits per heavy atom. The van der Waals surface area contributed by atoms with Crippen LogP contribution in [0.4, 0.5) is 0 Å². The number of rotatable bonds is 13. The van der Waals surface area contributed by atoms with Crippen LogP contribution in [-0.2, 0) is 38.4 Å². The molecule has 0 aliphatic heterocycles. The van der Waals surface area contributed by atoms with E-state index in [4.69, 9.17) is 29.4 Å². The molecule has 1 aliphatic carbocycles. The lowest BCUT2D eigenvalue weighted by atomic mass is 9.85. The van der Waals surface area contributed by atoms with Gasteiger partial charge in [-0.05, 0) is 93.5 Å². The first-order valence-electron chi connectivity index (χ1n) is 16.9. The maximum atomic E-state index is 11.6. The number of hydrogen-bond donors (Lipinski definition) is 1. The van der Waals surface area contributed by atoms with Gasteiger partial charge in [-0.3, -0.25) is 8.98 Å². The first-order valence-corrected chi connectivity index (χ1v) is 19.1. The van der Waals surface area contributed by atoms with E-state index in [0.29, 0.717) is 59.9 Å². The molecule has 51 heavy (non-hydrogen) atoms. The highest BCUT2D eigenvalue weighted by Gasteiger charge is 2.34. The molecule has 2 atom stereocenters. The summed E-state index contributed by atoms with van der Waals surface area (Å²) in [5, 5.41) is 10.1. The highest BCUT2D eigenvalue weighted by atomic mass is 35.5. The zero-order valence-corrected chi connectivity index (χ0v) is 31.0. The Hall–Kier alpha value is -4.45. The summed E-state index contributed by atoms with van der Waals surface area (Å²) in [7, 11) is -3.41. The Kier molecular flexibility index (Phi) is 12.4. The topological polar surface area (TPSA) is 142 Å². The fourth-order valence-corrected chi connectivity index (χ4v) is 6.80. The number of halogens is 1. The standard InChI is InChI=1S/C26H28ClNO4.C13H15NO4S/c1-4-19(26(29)30)20-10-9-18-13-24(22(27)14-21(18)20)31-12-11-23-16(3)32-25(28-23)17-7-5-15(2)6-8-17;1-10-12(8-9-17-19(2,15)16)14-13(18-10)11-6-4-3-5-7-11/h5-8,13-14,19-20H,4,9-12H2,1-3H3,(H,29,30);3-7H,8-9H2,1-2H3. The highest BCUT2D eigenvalue weighted by molar-refractivity contribution is 7.85. The van der Waals surface area contributed by atoms with Crippen molar-refractivity contribution in [1.82, 2.24) is 9.97 Å². The van der Waals surface area contributed by atoms with Crippen LogP contribution in [0.1, 0.15) is 65.3 Å². The second-order valence-electron chi connectivity index (χ2n) is 12.6.